The standard InChI is InChI=1S/C44H33NOSi/c1-47(2)41-27-26-38-37-18-9-10-19-40(37)46-44(38)43(41)39-25-24-36(29-42(39)47)45(34-22-20-32(21-23-34)30-12-5-3-6-13-30)35-17-11-16-33(28-35)31-14-7-4-8-15-31/h3-29H,1-2H3. The largest absolute Gasteiger partial charge is 0.455 e. The third kappa shape index (κ3) is 4.46. The lowest BCUT2D eigenvalue weighted by Crippen LogP contribution is -2.49. The van der Waals surface area contributed by atoms with Crippen molar-refractivity contribution in [3.05, 3.63) is 164 Å². The van der Waals surface area contributed by atoms with Gasteiger partial charge in [-0.1, -0.05) is 134 Å². The molecule has 9 rings (SSSR count). The molecule has 0 radical (unpaired) electrons. The smallest absolute Gasteiger partial charge is 0.143 e. The molecule has 7 aromatic carbocycles. The van der Waals surface area contributed by atoms with Crippen LogP contribution >= 0.6 is 0 Å². The fourth-order valence-corrected chi connectivity index (χ4v) is 10.5. The number of para-hydroxylation sites is 1. The Morgan fingerprint density at radius 1 is 0.447 bits per heavy atom. The number of nitrogens with zero attached hydrogens (tertiary/aromatic N) is 1. The number of fused-ring (bicyclic) bond motifs is 7. The Labute approximate surface area is 276 Å². The maximum atomic E-state index is 6.58. The minimum Gasteiger partial charge on any atom is -0.455 e. The van der Waals surface area contributed by atoms with E-state index in [4.69, 9.17) is 4.42 Å². The van der Waals surface area contributed by atoms with Crippen molar-refractivity contribution in [1.82, 2.24) is 0 Å². The summed E-state index contributed by atoms with van der Waals surface area (Å²) in [6.45, 7) is 4.95. The molecule has 0 aliphatic carbocycles. The molecule has 0 unspecified atom stereocenters. The summed E-state index contributed by atoms with van der Waals surface area (Å²) < 4.78 is 6.58. The number of furan rings is 1. The van der Waals surface area contributed by atoms with Crippen molar-refractivity contribution < 1.29 is 4.42 Å². The van der Waals surface area contributed by atoms with Crippen LogP contribution in [0.1, 0.15) is 0 Å². The lowest BCUT2D eigenvalue weighted by Gasteiger charge is -2.28. The normalized spacial score (nSPS) is 13.1. The minimum absolute atomic E-state index is 0.948. The van der Waals surface area contributed by atoms with Crippen LogP contribution in [0.15, 0.2) is 168 Å². The third-order valence-corrected chi connectivity index (χ3v) is 13.4. The maximum Gasteiger partial charge on any atom is 0.143 e. The number of rotatable bonds is 5. The number of anilines is 3. The van der Waals surface area contributed by atoms with Gasteiger partial charge in [-0.15, -0.1) is 0 Å². The zero-order valence-corrected chi connectivity index (χ0v) is 27.4. The summed E-state index contributed by atoms with van der Waals surface area (Å²) >= 11 is 0. The number of hydrogen-bond acceptors (Lipinski definition) is 2. The van der Waals surface area contributed by atoms with E-state index >= 15 is 0 Å². The first-order valence-corrected chi connectivity index (χ1v) is 19.3. The van der Waals surface area contributed by atoms with Crippen LogP contribution in [0.2, 0.25) is 13.1 Å². The second-order valence-corrected chi connectivity index (χ2v) is 17.3. The first-order chi connectivity index (χ1) is 23.1. The molecule has 8 aromatic rings. The summed E-state index contributed by atoms with van der Waals surface area (Å²) in [7, 11) is -2.03. The van der Waals surface area contributed by atoms with Crippen LogP contribution in [0.3, 0.4) is 0 Å². The molecule has 0 atom stereocenters. The van der Waals surface area contributed by atoms with Gasteiger partial charge in [0.05, 0.1) is 0 Å². The second-order valence-electron chi connectivity index (χ2n) is 13.0. The van der Waals surface area contributed by atoms with E-state index in [9.17, 15) is 0 Å². The van der Waals surface area contributed by atoms with E-state index in [0.29, 0.717) is 0 Å². The topological polar surface area (TPSA) is 16.4 Å². The first-order valence-electron chi connectivity index (χ1n) is 16.3. The maximum absolute atomic E-state index is 6.58. The van der Waals surface area contributed by atoms with Crippen LogP contribution in [0, 0.1) is 0 Å². The van der Waals surface area contributed by atoms with Crippen LogP contribution in [0.5, 0.6) is 0 Å². The Morgan fingerprint density at radius 2 is 1.06 bits per heavy atom. The van der Waals surface area contributed by atoms with Gasteiger partial charge in [0, 0.05) is 33.4 Å². The van der Waals surface area contributed by atoms with Gasteiger partial charge in [0.1, 0.15) is 19.2 Å². The highest BCUT2D eigenvalue weighted by atomic mass is 28.3. The summed E-state index contributed by atoms with van der Waals surface area (Å²) in [5, 5.41) is 5.27. The highest BCUT2D eigenvalue weighted by Crippen LogP contribution is 2.42. The molecule has 0 fully saturated rings. The van der Waals surface area contributed by atoms with Crippen molar-refractivity contribution in [2.24, 2.45) is 0 Å². The summed E-state index contributed by atoms with van der Waals surface area (Å²) in [5.41, 5.74) is 12.8. The van der Waals surface area contributed by atoms with Crippen LogP contribution in [-0.2, 0) is 0 Å². The van der Waals surface area contributed by atoms with E-state index in [2.05, 4.69) is 182 Å². The van der Waals surface area contributed by atoms with Gasteiger partial charge in [0.2, 0.25) is 0 Å². The van der Waals surface area contributed by atoms with Gasteiger partial charge >= 0.3 is 0 Å². The molecule has 0 N–H and O–H groups in total. The Balaban J connectivity index is 1.22. The van der Waals surface area contributed by atoms with Gasteiger partial charge < -0.3 is 9.32 Å². The van der Waals surface area contributed by atoms with Crippen LogP contribution < -0.4 is 15.3 Å². The molecular weight excluding hydrogens is 587 g/mol. The lowest BCUT2D eigenvalue weighted by atomic mass is 10.0. The highest BCUT2D eigenvalue weighted by Gasteiger charge is 2.40. The molecule has 1 aliphatic rings. The molecule has 47 heavy (non-hydrogen) atoms. The van der Waals surface area contributed by atoms with Crippen molar-refractivity contribution >= 4 is 57.4 Å². The monoisotopic (exact) mass is 619 g/mol. The molecule has 1 aromatic heterocycles. The van der Waals surface area contributed by atoms with Gasteiger partial charge in [-0.05, 0) is 80.7 Å². The summed E-state index contributed by atoms with van der Waals surface area (Å²) in [5.74, 6) is 0. The highest BCUT2D eigenvalue weighted by molar-refractivity contribution is 7.04. The summed E-state index contributed by atoms with van der Waals surface area (Å²) in [6, 6.07) is 59.2. The van der Waals surface area contributed by atoms with Gasteiger partial charge in [-0.2, -0.15) is 0 Å². The van der Waals surface area contributed by atoms with E-state index in [0.717, 1.165) is 28.2 Å². The zero-order valence-electron chi connectivity index (χ0n) is 26.4. The molecule has 2 heterocycles. The molecule has 0 amide bonds. The van der Waals surface area contributed by atoms with Crippen LogP contribution in [0.4, 0.5) is 17.1 Å². The summed E-state index contributed by atoms with van der Waals surface area (Å²) in [6.07, 6.45) is 0. The molecule has 2 nitrogen and oxygen atoms in total. The van der Waals surface area contributed by atoms with Crippen LogP contribution in [0.25, 0.3) is 55.3 Å². The first kappa shape index (κ1) is 27.6. The van der Waals surface area contributed by atoms with E-state index in [1.54, 1.807) is 0 Å². The minimum atomic E-state index is -2.03. The molecule has 224 valence electrons. The SMILES string of the molecule is C[Si]1(C)c2cc(N(c3ccc(-c4ccccc4)cc3)c3cccc(-c4ccccc4)c3)ccc2-c2c1ccc1c2oc2ccccc21. The Bertz CT molecular complexity index is 2420. The molecular formula is C44H33NOSi. The van der Waals surface area contributed by atoms with Gasteiger partial charge in [-0.3, -0.25) is 0 Å². The van der Waals surface area contributed by atoms with Gasteiger partial charge in [-0.25, -0.2) is 0 Å². The molecule has 0 spiro atoms. The fourth-order valence-electron chi connectivity index (χ4n) is 7.46. The molecule has 0 bridgehead atoms. The Hall–Kier alpha value is -5.64. The summed E-state index contributed by atoms with van der Waals surface area (Å²) in [4.78, 5) is 2.41. The third-order valence-electron chi connectivity index (χ3n) is 9.87. The van der Waals surface area contributed by atoms with Crippen molar-refractivity contribution in [2.75, 3.05) is 4.90 Å². The molecule has 0 saturated heterocycles. The quantitative estimate of drug-likeness (QED) is 0.178. The van der Waals surface area contributed by atoms with Crippen molar-refractivity contribution in [2.45, 2.75) is 13.1 Å². The van der Waals surface area contributed by atoms with Crippen LogP contribution in [-0.4, -0.2) is 8.07 Å². The van der Waals surface area contributed by atoms with E-state index in [1.807, 2.05) is 0 Å². The Morgan fingerprint density at radius 3 is 1.83 bits per heavy atom. The molecule has 1 aliphatic heterocycles. The van der Waals surface area contributed by atoms with Gasteiger partial charge in [0.15, 0.2) is 0 Å². The average Bonchev–Trinajstić information content (AvgIpc) is 3.62. The number of hydrogen-bond donors (Lipinski definition) is 0. The fraction of sp³-hybridized carbons (Fsp3) is 0.0455. The second kappa shape index (κ2) is 10.7. The lowest BCUT2D eigenvalue weighted by molar-refractivity contribution is 0.670. The average molecular weight is 620 g/mol. The van der Waals surface area contributed by atoms with Crippen molar-refractivity contribution in [1.29, 1.82) is 0 Å². The van der Waals surface area contributed by atoms with Crippen molar-refractivity contribution in [3.63, 3.8) is 0 Å². The molecule has 0 saturated carbocycles. The van der Waals surface area contributed by atoms with E-state index in [-0.39, 0.29) is 0 Å². The van der Waals surface area contributed by atoms with E-state index in [1.165, 1.54) is 54.5 Å². The zero-order chi connectivity index (χ0) is 31.5. The number of benzene rings is 7. The predicted molar refractivity (Wildman–Crippen MR) is 201 cm³/mol. The van der Waals surface area contributed by atoms with Gasteiger partial charge in [0.25, 0.3) is 0 Å². The van der Waals surface area contributed by atoms with Crippen molar-refractivity contribution in [3.8, 4) is 33.4 Å². The van der Waals surface area contributed by atoms with E-state index < -0.39 is 8.07 Å². The molecule has 3 heteroatoms. The predicted octanol–water partition coefficient (Wildman–Crippen LogP) is 11.2. The Kier molecular flexibility index (Phi) is 6.31.